The molecule has 3 aliphatic heterocycles. The van der Waals surface area contributed by atoms with Gasteiger partial charge in [0.1, 0.15) is 6.54 Å². The van der Waals surface area contributed by atoms with E-state index in [1.54, 1.807) is 0 Å². The van der Waals surface area contributed by atoms with E-state index in [0.29, 0.717) is 18.5 Å². The van der Waals surface area contributed by atoms with Crippen molar-refractivity contribution < 1.29 is 9.28 Å². The third kappa shape index (κ3) is 2.08. The Kier molecular flexibility index (Phi) is 2.96. The molecule has 3 heterocycles. The summed E-state index contributed by atoms with van der Waals surface area (Å²) in [5.74, 6) is 0.972. The Morgan fingerprint density at radius 3 is 2.50 bits per heavy atom. The minimum atomic E-state index is 0.267. The monoisotopic (exact) mass is 245 g/mol. The summed E-state index contributed by atoms with van der Waals surface area (Å²) in [5, 5.41) is 0. The van der Waals surface area contributed by atoms with Crippen LogP contribution in [-0.4, -0.2) is 42.5 Å². The standard InChI is InChI=1S/C15H21N2O/c16-14-10-17(8-6-12(14)7-9-17)11-15(18)13-4-2-1-3-5-13/h1-5,12,14H,6-11,16H2/q+1. The van der Waals surface area contributed by atoms with E-state index in [1.807, 2.05) is 30.3 Å². The molecule has 1 atom stereocenters. The summed E-state index contributed by atoms with van der Waals surface area (Å²) >= 11 is 0. The van der Waals surface area contributed by atoms with Crippen LogP contribution in [0.15, 0.2) is 30.3 Å². The van der Waals surface area contributed by atoms with Gasteiger partial charge < -0.3 is 10.2 Å². The summed E-state index contributed by atoms with van der Waals surface area (Å²) in [5.41, 5.74) is 7.03. The maximum atomic E-state index is 12.3. The number of hydrogen-bond acceptors (Lipinski definition) is 2. The third-order valence-electron chi connectivity index (χ3n) is 4.73. The summed E-state index contributed by atoms with van der Waals surface area (Å²) in [6.07, 6.45) is 2.40. The normalized spacial score (nSPS) is 34.5. The van der Waals surface area contributed by atoms with Crippen molar-refractivity contribution in [2.45, 2.75) is 18.9 Å². The molecule has 4 rings (SSSR count). The van der Waals surface area contributed by atoms with Crippen LogP contribution in [0.5, 0.6) is 0 Å². The third-order valence-corrected chi connectivity index (χ3v) is 4.73. The van der Waals surface area contributed by atoms with Crippen molar-refractivity contribution in [3.05, 3.63) is 35.9 Å². The Morgan fingerprint density at radius 2 is 1.89 bits per heavy atom. The molecular formula is C15H21N2O+. The number of fused-ring (bicyclic) bond motifs is 3. The quantitative estimate of drug-likeness (QED) is 0.647. The molecule has 2 N–H and O–H groups in total. The van der Waals surface area contributed by atoms with E-state index in [1.165, 1.54) is 12.8 Å². The molecule has 18 heavy (non-hydrogen) atoms. The fourth-order valence-electron chi connectivity index (χ4n) is 3.59. The lowest BCUT2D eigenvalue weighted by Crippen LogP contribution is -2.67. The summed E-state index contributed by atoms with van der Waals surface area (Å²) in [6, 6.07) is 9.94. The molecule has 0 saturated carbocycles. The van der Waals surface area contributed by atoms with E-state index < -0.39 is 0 Å². The molecule has 96 valence electrons. The van der Waals surface area contributed by atoms with Gasteiger partial charge in [0, 0.05) is 18.4 Å². The minimum Gasteiger partial charge on any atom is -0.323 e. The maximum Gasteiger partial charge on any atom is 0.216 e. The van der Waals surface area contributed by atoms with Crippen molar-refractivity contribution in [1.29, 1.82) is 0 Å². The van der Waals surface area contributed by atoms with Gasteiger partial charge >= 0.3 is 0 Å². The van der Waals surface area contributed by atoms with E-state index in [-0.39, 0.29) is 5.78 Å². The van der Waals surface area contributed by atoms with Gasteiger partial charge in [-0.25, -0.2) is 0 Å². The van der Waals surface area contributed by atoms with E-state index in [2.05, 4.69) is 0 Å². The molecule has 1 unspecified atom stereocenters. The number of carbonyl (C=O) groups excluding carboxylic acids is 1. The van der Waals surface area contributed by atoms with Crippen molar-refractivity contribution >= 4 is 5.78 Å². The van der Waals surface area contributed by atoms with Crippen molar-refractivity contribution in [3.8, 4) is 0 Å². The number of benzene rings is 1. The summed E-state index contributed by atoms with van der Waals surface area (Å²) in [6.45, 7) is 3.89. The number of nitrogens with zero attached hydrogens (tertiary/aromatic N) is 1. The predicted octanol–water partition coefficient (Wildman–Crippen LogP) is 1.44. The van der Waals surface area contributed by atoms with Crippen LogP contribution in [0.3, 0.4) is 0 Å². The molecule has 3 nitrogen and oxygen atoms in total. The average Bonchev–Trinajstić information content (AvgIpc) is 2.40. The molecule has 3 aliphatic rings. The molecule has 3 fully saturated rings. The molecule has 0 spiro atoms. The van der Waals surface area contributed by atoms with Crippen LogP contribution in [0.25, 0.3) is 0 Å². The van der Waals surface area contributed by atoms with Gasteiger partial charge in [-0.15, -0.1) is 0 Å². The first-order valence-corrected chi connectivity index (χ1v) is 6.87. The summed E-state index contributed by atoms with van der Waals surface area (Å²) in [4.78, 5) is 12.3. The Morgan fingerprint density at radius 1 is 1.22 bits per heavy atom. The van der Waals surface area contributed by atoms with Gasteiger partial charge in [0.25, 0.3) is 0 Å². The topological polar surface area (TPSA) is 43.1 Å². The molecule has 1 aromatic carbocycles. The molecule has 3 saturated heterocycles. The molecule has 2 bridgehead atoms. The van der Waals surface area contributed by atoms with E-state index in [9.17, 15) is 4.79 Å². The molecule has 1 aromatic rings. The van der Waals surface area contributed by atoms with Gasteiger partial charge in [-0.1, -0.05) is 30.3 Å². The van der Waals surface area contributed by atoms with Crippen molar-refractivity contribution in [2.75, 3.05) is 26.2 Å². The van der Waals surface area contributed by atoms with Gasteiger partial charge in [0.15, 0.2) is 0 Å². The first kappa shape index (κ1) is 11.9. The predicted molar refractivity (Wildman–Crippen MR) is 71.2 cm³/mol. The van der Waals surface area contributed by atoms with Crippen LogP contribution in [0.1, 0.15) is 23.2 Å². The molecule has 0 radical (unpaired) electrons. The smallest absolute Gasteiger partial charge is 0.216 e. The second-order valence-electron chi connectivity index (χ2n) is 5.92. The van der Waals surface area contributed by atoms with Crippen LogP contribution in [-0.2, 0) is 0 Å². The van der Waals surface area contributed by atoms with E-state index >= 15 is 0 Å². The van der Waals surface area contributed by atoms with Gasteiger partial charge in [-0.05, 0) is 5.92 Å². The highest BCUT2D eigenvalue weighted by molar-refractivity contribution is 5.96. The largest absolute Gasteiger partial charge is 0.323 e. The highest BCUT2D eigenvalue weighted by Crippen LogP contribution is 2.33. The van der Waals surface area contributed by atoms with E-state index in [4.69, 9.17) is 5.73 Å². The second kappa shape index (κ2) is 4.48. The molecule has 0 amide bonds. The minimum absolute atomic E-state index is 0.267. The number of rotatable bonds is 3. The number of ketones is 1. The SMILES string of the molecule is NC1C[N+]2(CC(=O)c3ccccc3)CCC1CC2. The van der Waals surface area contributed by atoms with Crippen molar-refractivity contribution in [3.63, 3.8) is 0 Å². The number of nitrogens with two attached hydrogens (primary N) is 1. The fraction of sp³-hybridized carbons (Fsp3) is 0.533. The van der Waals surface area contributed by atoms with Crippen LogP contribution in [0.4, 0.5) is 0 Å². The first-order valence-electron chi connectivity index (χ1n) is 6.87. The number of quaternary nitrogens is 1. The lowest BCUT2D eigenvalue weighted by Gasteiger charge is -2.51. The highest BCUT2D eigenvalue weighted by atomic mass is 16.1. The van der Waals surface area contributed by atoms with Gasteiger partial charge in [0.05, 0.1) is 25.7 Å². The Balaban J connectivity index is 1.74. The lowest BCUT2D eigenvalue weighted by molar-refractivity contribution is -0.936. The van der Waals surface area contributed by atoms with Crippen LogP contribution in [0, 0.1) is 5.92 Å². The summed E-state index contributed by atoms with van der Waals surface area (Å²) in [7, 11) is 0. The number of piperidine rings is 3. The number of hydrogen-bond donors (Lipinski definition) is 1. The number of Topliss-reactive ketones (excluding diaryl/α,β-unsaturated/α-hetero) is 1. The molecule has 3 heteroatoms. The average molecular weight is 245 g/mol. The number of carbonyl (C=O) groups is 1. The Labute approximate surface area is 108 Å². The highest BCUT2D eigenvalue weighted by Gasteiger charge is 2.45. The zero-order chi connectivity index (χ0) is 12.6. The van der Waals surface area contributed by atoms with E-state index in [0.717, 1.165) is 29.7 Å². The Hall–Kier alpha value is -1.19. The molecule has 0 aromatic heterocycles. The first-order chi connectivity index (χ1) is 8.69. The van der Waals surface area contributed by atoms with Gasteiger partial charge in [-0.2, -0.15) is 0 Å². The zero-order valence-electron chi connectivity index (χ0n) is 10.7. The molecule has 0 aliphatic carbocycles. The van der Waals surface area contributed by atoms with Crippen LogP contribution in [0.2, 0.25) is 0 Å². The Bertz CT molecular complexity index is 435. The zero-order valence-corrected chi connectivity index (χ0v) is 10.7. The van der Waals surface area contributed by atoms with Crippen LogP contribution >= 0.6 is 0 Å². The lowest BCUT2D eigenvalue weighted by atomic mass is 9.82. The van der Waals surface area contributed by atoms with Crippen molar-refractivity contribution in [1.82, 2.24) is 0 Å². The van der Waals surface area contributed by atoms with Crippen LogP contribution < -0.4 is 5.73 Å². The van der Waals surface area contributed by atoms with Gasteiger partial charge in [0.2, 0.25) is 5.78 Å². The summed E-state index contributed by atoms with van der Waals surface area (Å²) < 4.78 is 0.922. The van der Waals surface area contributed by atoms with Gasteiger partial charge in [-0.3, -0.25) is 4.79 Å². The molecular weight excluding hydrogens is 224 g/mol. The fourth-order valence-corrected chi connectivity index (χ4v) is 3.59. The maximum absolute atomic E-state index is 12.3. The van der Waals surface area contributed by atoms with Crippen molar-refractivity contribution in [2.24, 2.45) is 11.7 Å². The second-order valence-corrected chi connectivity index (χ2v) is 5.92.